The number of piperidine rings is 1. The van der Waals surface area contributed by atoms with E-state index in [2.05, 4.69) is 4.98 Å². The van der Waals surface area contributed by atoms with E-state index in [-0.39, 0.29) is 18.4 Å². The maximum absolute atomic E-state index is 12.8. The fraction of sp³-hybridized carbons (Fsp3) is 0.385. The second-order valence-corrected chi connectivity index (χ2v) is 8.32. The zero-order valence-electron chi connectivity index (χ0n) is 19.4. The lowest BCUT2D eigenvalue weighted by atomic mass is 9.98. The molecule has 1 fully saturated rings. The van der Waals surface area contributed by atoms with E-state index in [1.807, 2.05) is 54.3 Å². The number of carbonyl (C=O) groups is 1. The molecule has 0 aliphatic carbocycles. The molecular weight excluding hydrogens is 420 g/mol. The van der Waals surface area contributed by atoms with Crippen LogP contribution in [-0.4, -0.2) is 49.7 Å². The van der Waals surface area contributed by atoms with Crippen LogP contribution < -0.4 is 14.2 Å². The molecule has 0 spiro atoms. The third-order valence-corrected chi connectivity index (χ3v) is 5.88. The first-order valence-electron chi connectivity index (χ1n) is 11.2. The van der Waals surface area contributed by atoms with Gasteiger partial charge in [0.1, 0.15) is 11.5 Å². The highest BCUT2D eigenvalue weighted by molar-refractivity contribution is 5.78. The number of methoxy groups -OCH3 is 2. The van der Waals surface area contributed by atoms with E-state index in [1.165, 1.54) is 0 Å². The van der Waals surface area contributed by atoms with Gasteiger partial charge in [-0.05, 0) is 55.2 Å². The van der Waals surface area contributed by atoms with Gasteiger partial charge in [0, 0.05) is 19.5 Å². The molecule has 0 saturated carbocycles. The van der Waals surface area contributed by atoms with Crippen LogP contribution in [0.4, 0.5) is 0 Å². The first-order valence-corrected chi connectivity index (χ1v) is 11.2. The quantitative estimate of drug-likeness (QED) is 0.507. The molecule has 1 amide bonds. The van der Waals surface area contributed by atoms with Crippen LogP contribution in [0.2, 0.25) is 0 Å². The largest absolute Gasteiger partial charge is 0.497 e. The predicted molar refractivity (Wildman–Crippen MR) is 124 cm³/mol. The van der Waals surface area contributed by atoms with Gasteiger partial charge in [-0.3, -0.25) is 4.79 Å². The van der Waals surface area contributed by atoms with Gasteiger partial charge in [-0.25, -0.2) is 4.98 Å². The monoisotopic (exact) mass is 450 g/mol. The van der Waals surface area contributed by atoms with Crippen molar-refractivity contribution in [1.29, 1.82) is 0 Å². The molecule has 0 N–H and O–H groups in total. The zero-order valence-corrected chi connectivity index (χ0v) is 19.4. The van der Waals surface area contributed by atoms with Gasteiger partial charge in [0.2, 0.25) is 0 Å². The Labute approximate surface area is 194 Å². The molecule has 2 heterocycles. The van der Waals surface area contributed by atoms with Crippen molar-refractivity contribution in [2.24, 2.45) is 0 Å². The number of oxazole rings is 1. The summed E-state index contributed by atoms with van der Waals surface area (Å²) in [6, 6.07) is 13.6. The van der Waals surface area contributed by atoms with Crippen molar-refractivity contribution in [2.45, 2.75) is 32.1 Å². The molecule has 1 unspecified atom stereocenters. The average Bonchev–Trinajstić information content (AvgIpc) is 3.31. The summed E-state index contributed by atoms with van der Waals surface area (Å²) in [5.41, 5.74) is 2.17. The summed E-state index contributed by atoms with van der Waals surface area (Å²) in [6.07, 6.45) is 4.27. The molecular formula is C26H30N2O5. The highest BCUT2D eigenvalue weighted by Gasteiger charge is 2.28. The number of aryl methyl sites for hydroxylation is 1. The molecule has 1 aliphatic heterocycles. The number of amides is 1. The van der Waals surface area contributed by atoms with Crippen LogP contribution in [0.1, 0.15) is 41.5 Å². The van der Waals surface area contributed by atoms with Gasteiger partial charge < -0.3 is 23.5 Å². The summed E-state index contributed by atoms with van der Waals surface area (Å²) in [7, 11) is 3.25. The van der Waals surface area contributed by atoms with Crippen LogP contribution in [0.15, 0.2) is 53.1 Å². The SMILES string of the molecule is COc1cccc(Cc2cnc(C3CCCN(C(=O)COc4ccc(C)cc4OC)C3)o2)c1. The Bertz CT molecular complexity index is 1090. The lowest BCUT2D eigenvalue weighted by molar-refractivity contribution is -0.134. The number of rotatable bonds is 8. The molecule has 2 aromatic carbocycles. The van der Waals surface area contributed by atoms with Gasteiger partial charge >= 0.3 is 0 Å². The number of carbonyl (C=O) groups excluding carboxylic acids is 1. The summed E-state index contributed by atoms with van der Waals surface area (Å²) in [5, 5.41) is 0. The van der Waals surface area contributed by atoms with E-state index in [1.54, 1.807) is 20.4 Å². The number of hydrogen-bond donors (Lipinski definition) is 0. The minimum absolute atomic E-state index is 0.0290. The van der Waals surface area contributed by atoms with Crippen molar-refractivity contribution >= 4 is 5.91 Å². The highest BCUT2D eigenvalue weighted by Crippen LogP contribution is 2.29. The number of hydrogen-bond acceptors (Lipinski definition) is 6. The normalized spacial score (nSPS) is 15.8. The lowest BCUT2D eigenvalue weighted by Crippen LogP contribution is -2.41. The minimum atomic E-state index is -0.0505. The van der Waals surface area contributed by atoms with E-state index >= 15 is 0 Å². The molecule has 1 saturated heterocycles. The van der Waals surface area contributed by atoms with E-state index in [9.17, 15) is 4.79 Å². The Hall–Kier alpha value is -3.48. The number of benzene rings is 2. The van der Waals surface area contributed by atoms with Gasteiger partial charge in [-0.1, -0.05) is 18.2 Å². The van der Waals surface area contributed by atoms with E-state index in [4.69, 9.17) is 18.6 Å². The molecule has 7 heteroatoms. The Morgan fingerprint density at radius 3 is 2.85 bits per heavy atom. The second-order valence-electron chi connectivity index (χ2n) is 8.32. The third-order valence-electron chi connectivity index (χ3n) is 5.88. The second kappa shape index (κ2) is 10.4. The van der Waals surface area contributed by atoms with E-state index in [0.29, 0.717) is 36.9 Å². The molecule has 4 rings (SSSR count). The van der Waals surface area contributed by atoms with Crippen molar-refractivity contribution in [2.75, 3.05) is 33.9 Å². The lowest BCUT2D eigenvalue weighted by Gasteiger charge is -2.31. The van der Waals surface area contributed by atoms with Gasteiger partial charge in [0.25, 0.3) is 5.91 Å². The maximum atomic E-state index is 12.8. The zero-order chi connectivity index (χ0) is 23.2. The van der Waals surface area contributed by atoms with Crippen LogP contribution in [0, 0.1) is 6.92 Å². The van der Waals surface area contributed by atoms with Gasteiger partial charge in [-0.15, -0.1) is 0 Å². The van der Waals surface area contributed by atoms with Crippen molar-refractivity contribution in [3.63, 3.8) is 0 Å². The van der Waals surface area contributed by atoms with E-state index < -0.39 is 0 Å². The van der Waals surface area contributed by atoms with Crippen LogP contribution in [-0.2, 0) is 11.2 Å². The minimum Gasteiger partial charge on any atom is -0.497 e. The fourth-order valence-electron chi connectivity index (χ4n) is 4.11. The van der Waals surface area contributed by atoms with Crippen molar-refractivity contribution in [1.82, 2.24) is 9.88 Å². The first-order chi connectivity index (χ1) is 16.1. The standard InChI is InChI=1S/C26H30N2O5/c1-18-9-10-23(24(12-18)31-3)32-17-25(29)28-11-5-7-20(16-28)26-27-15-22(33-26)14-19-6-4-8-21(13-19)30-2/h4,6,8-10,12-13,15,20H,5,7,11,14,16-17H2,1-3H3. The summed E-state index contributed by atoms with van der Waals surface area (Å²) in [6.45, 7) is 3.24. The molecule has 1 aromatic heterocycles. The molecule has 33 heavy (non-hydrogen) atoms. The summed E-state index contributed by atoms with van der Waals surface area (Å²) < 4.78 is 22.5. The summed E-state index contributed by atoms with van der Waals surface area (Å²) >= 11 is 0. The van der Waals surface area contributed by atoms with Gasteiger partial charge in [-0.2, -0.15) is 0 Å². The van der Waals surface area contributed by atoms with Crippen LogP contribution in [0.3, 0.4) is 0 Å². The van der Waals surface area contributed by atoms with Crippen molar-refractivity contribution in [3.8, 4) is 17.2 Å². The number of likely N-dealkylation sites (tertiary alicyclic amines) is 1. The summed E-state index contributed by atoms with van der Waals surface area (Å²) in [4.78, 5) is 19.2. The Kier molecular flexibility index (Phi) is 7.17. The van der Waals surface area contributed by atoms with Gasteiger partial charge in [0.05, 0.1) is 26.3 Å². The number of ether oxygens (including phenoxy) is 3. The van der Waals surface area contributed by atoms with E-state index in [0.717, 1.165) is 35.5 Å². The smallest absolute Gasteiger partial charge is 0.260 e. The summed E-state index contributed by atoms with van der Waals surface area (Å²) in [5.74, 6) is 3.53. The van der Waals surface area contributed by atoms with Crippen LogP contribution in [0.25, 0.3) is 0 Å². The van der Waals surface area contributed by atoms with Crippen molar-refractivity contribution in [3.05, 3.63) is 71.4 Å². The molecule has 1 atom stereocenters. The molecule has 7 nitrogen and oxygen atoms in total. The maximum Gasteiger partial charge on any atom is 0.260 e. The van der Waals surface area contributed by atoms with Gasteiger partial charge in [0.15, 0.2) is 24.0 Å². The molecule has 0 bridgehead atoms. The number of aromatic nitrogens is 1. The average molecular weight is 451 g/mol. The topological polar surface area (TPSA) is 74.0 Å². The molecule has 1 aliphatic rings. The highest BCUT2D eigenvalue weighted by atomic mass is 16.5. The predicted octanol–water partition coefficient (Wildman–Crippen LogP) is 4.38. The van der Waals surface area contributed by atoms with Crippen molar-refractivity contribution < 1.29 is 23.4 Å². The Morgan fingerprint density at radius 2 is 2.03 bits per heavy atom. The van der Waals surface area contributed by atoms with Crippen LogP contribution >= 0.6 is 0 Å². The number of nitrogens with zero attached hydrogens (tertiary/aromatic N) is 2. The Morgan fingerprint density at radius 1 is 1.15 bits per heavy atom. The molecule has 174 valence electrons. The van der Waals surface area contributed by atoms with Crippen LogP contribution in [0.5, 0.6) is 17.2 Å². The first kappa shape index (κ1) is 22.7. The molecule has 0 radical (unpaired) electrons. The Balaban J connectivity index is 1.35. The third kappa shape index (κ3) is 5.66. The fourth-order valence-corrected chi connectivity index (χ4v) is 4.11. The molecule has 3 aromatic rings.